The number of anilines is 1. The molecule has 0 aliphatic rings. The van der Waals surface area contributed by atoms with Crippen LogP contribution in [0.5, 0.6) is 5.75 Å². The van der Waals surface area contributed by atoms with Crippen LogP contribution >= 0.6 is 0 Å². The topological polar surface area (TPSA) is 57.9 Å². The maximum Gasteiger partial charge on any atom is 0.573 e. The van der Waals surface area contributed by atoms with Gasteiger partial charge >= 0.3 is 6.36 Å². The minimum atomic E-state index is -4.73. The quantitative estimate of drug-likeness (QED) is 0.932. The summed E-state index contributed by atoms with van der Waals surface area (Å²) in [5.74, 6) is -0.321. The summed E-state index contributed by atoms with van der Waals surface area (Å²) < 4.78 is 40.1. The lowest BCUT2D eigenvalue weighted by atomic mass is 9.95. The van der Waals surface area contributed by atoms with Gasteiger partial charge in [0, 0.05) is 23.6 Å². The van der Waals surface area contributed by atoms with Crippen molar-refractivity contribution in [2.24, 2.45) is 0 Å². The Morgan fingerprint density at radius 2 is 1.86 bits per heavy atom. The summed E-state index contributed by atoms with van der Waals surface area (Å²) in [4.78, 5) is 3.96. The Morgan fingerprint density at radius 1 is 1.18 bits per heavy atom. The van der Waals surface area contributed by atoms with E-state index in [9.17, 15) is 18.4 Å². The number of alkyl halides is 3. The molecule has 1 heterocycles. The van der Waals surface area contributed by atoms with Gasteiger partial charge in [0.2, 0.25) is 0 Å². The van der Waals surface area contributed by atoms with E-state index >= 15 is 0 Å². The first-order chi connectivity index (χ1) is 10.3. The molecule has 1 N–H and O–H groups in total. The molecular formula is C15H12F3N3O. The van der Waals surface area contributed by atoms with Gasteiger partial charge < -0.3 is 10.1 Å². The third kappa shape index (κ3) is 3.88. The number of nitrogens with zero attached hydrogens (tertiary/aromatic N) is 2. The molecule has 114 valence electrons. The average molecular weight is 307 g/mol. The van der Waals surface area contributed by atoms with Crippen molar-refractivity contribution in [3.63, 3.8) is 0 Å². The third-order valence-electron chi connectivity index (χ3n) is 2.94. The fourth-order valence-corrected chi connectivity index (χ4v) is 1.85. The highest BCUT2D eigenvalue weighted by Crippen LogP contribution is 2.28. The monoisotopic (exact) mass is 307 g/mol. The van der Waals surface area contributed by atoms with Crippen LogP contribution in [0.4, 0.5) is 18.9 Å². The van der Waals surface area contributed by atoms with Gasteiger partial charge in [0.1, 0.15) is 11.3 Å². The van der Waals surface area contributed by atoms with Gasteiger partial charge in [-0.05, 0) is 37.3 Å². The minimum Gasteiger partial charge on any atom is -0.406 e. The van der Waals surface area contributed by atoms with Gasteiger partial charge in [-0.25, -0.2) is 0 Å². The summed E-state index contributed by atoms with van der Waals surface area (Å²) in [6.07, 6.45) is -1.59. The van der Waals surface area contributed by atoms with Crippen LogP contribution in [0.1, 0.15) is 12.5 Å². The van der Waals surface area contributed by atoms with Crippen molar-refractivity contribution in [3.05, 3.63) is 54.4 Å². The normalized spacial score (nSPS) is 13.8. The predicted molar refractivity (Wildman–Crippen MR) is 73.9 cm³/mol. The van der Waals surface area contributed by atoms with Gasteiger partial charge in [-0.15, -0.1) is 13.2 Å². The van der Waals surface area contributed by atoms with Gasteiger partial charge in [0.05, 0.1) is 6.07 Å². The van der Waals surface area contributed by atoms with Crippen molar-refractivity contribution in [1.82, 2.24) is 4.98 Å². The molecule has 1 atom stereocenters. The van der Waals surface area contributed by atoms with Crippen molar-refractivity contribution in [3.8, 4) is 11.8 Å². The van der Waals surface area contributed by atoms with Gasteiger partial charge in [-0.3, -0.25) is 4.98 Å². The Kier molecular flexibility index (Phi) is 4.22. The van der Waals surface area contributed by atoms with E-state index in [4.69, 9.17) is 0 Å². The van der Waals surface area contributed by atoms with Crippen LogP contribution in [0.3, 0.4) is 0 Å². The molecule has 2 rings (SSSR count). The Bertz CT molecular complexity index is 665. The molecule has 4 nitrogen and oxygen atoms in total. The molecule has 22 heavy (non-hydrogen) atoms. The van der Waals surface area contributed by atoms with Gasteiger partial charge in [0.25, 0.3) is 0 Å². The first kappa shape index (κ1) is 15.6. The zero-order valence-electron chi connectivity index (χ0n) is 11.6. The molecule has 0 amide bonds. The number of aromatic nitrogens is 1. The van der Waals surface area contributed by atoms with E-state index in [2.05, 4.69) is 21.1 Å². The summed E-state index contributed by atoms with van der Waals surface area (Å²) in [5, 5.41) is 12.4. The highest BCUT2D eigenvalue weighted by molar-refractivity contribution is 5.52. The van der Waals surface area contributed by atoms with Crippen LogP contribution in [-0.2, 0) is 5.54 Å². The highest BCUT2D eigenvalue weighted by atomic mass is 19.4. The van der Waals surface area contributed by atoms with Crippen LogP contribution in [-0.4, -0.2) is 11.3 Å². The van der Waals surface area contributed by atoms with Crippen molar-refractivity contribution in [1.29, 1.82) is 5.26 Å². The zero-order valence-corrected chi connectivity index (χ0v) is 11.6. The molecule has 1 aromatic carbocycles. The van der Waals surface area contributed by atoms with Gasteiger partial charge in [-0.1, -0.05) is 6.07 Å². The lowest BCUT2D eigenvalue weighted by molar-refractivity contribution is -0.274. The van der Waals surface area contributed by atoms with Gasteiger partial charge in [-0.2, -0.15) is 5.26 Å². The molecule has 0 saturated carbocycles. The van der Waals surface area contributed by atoms with Crippen molar-refractivity contribution >= 4 is 5.69 Å². The Labute approximate surface area is 125 Å². The number of halogens is 3. The summed E-state index contributed by atoms with van der Waals surface area (Å²) in [7, 11) is 0. The fourth-order valence-electron chi connectivity index (χ4n) is 1.85. The molecule has 0 radical (unpaired) electrons. The molecule has 0 spiro atoms. The summed E-state index contributed by atoms with van der Waals surface area (Å²) >= 11 is 0. The standard InChI is InChI=1S/C15H12F3N3O/c1-14(10-19,11-3-2-8-20-9-11)21-12-4-6-13(7-5-12)22-15(16,17)18/h2-9,21H,1H3. The lowest BCUT2D eigenvalue weighted by Gasteiger charge is -2.24. The SMILES string of the molecule is CC(C#N)(Nc1ccc(OC(F)(F)F)cc1)c1cccnc1. The minimum absolute atomic E-state index is 0.321. The number of nitriles is 1. The second kappa shape index (κ2) is 5.93. The smallest absolute Gasteiger partial charge is 0.406 e. The van der Waals surface area contributed by atoms with Crippen LogP contribution in [0.2, 0.25) is 0 Å². The van der Waals surface area contributed by atoms with Crippen LogP contribution in [0, 0.1) is 11.3 Å². The molecule has 1 aromatic heterocycles. The molecule has 0 fully saturated rings. The molecule has 0 bridgehead atoms. The third-order valence-corrected chi connectivity index (χ3v) is 2.94. The molecule has 1 unspecified atom stereocenters. The predicted octanol–water partition coefficient (Wildman–Crippen LogP) is 3.83. The summed E-state index contributed by atoms with van der Waals surface area (Å²) in [6, 6.07) is 10.7. The molecule has 0 aliphatic heterocycles. The Morgan fingerprint density at radius 3 is 2.36 bits per heavy atom. The zero-order chi connectivity index (χ0) is 16.2. The maximum absolute atomic E-state index is 12.1. The van der Waals surface area contributed by atoms with E-state index in [0.29, 0.717) is 11.3 Å². The molecule has 0 aliphatic carbocycles. The highest BCUT2D eigenvalue weighted by Gasteiger charge is 2.31. The lowest BCUT2D eigenvalue weighted by Crippen LogP contribution is -2.30. The van der Waals surface area contributed by atoms with E-state index in [0.717, 1.165) is 0 Å². The van der Waals surface area contributed by atoms with E-state index in [1.165, 1.54) is 24.3 Å². The second-order valence-corrected chi connectivity index (χ2v) is 4.68. The second-order valence-electron chi connectivity index (χ2n) is 4.68. The first-order valence-corrected chi connectivity index (χ1v) is 6.28. The van der Waals surface area contributed by atoms with Crippen molar-refractivity contribution < 1.29 is 17.9 Å². The number of nitrogens with one attached hydrogen (secondary N) is 1. The maximum atomic E-state index is 12.1. The summed E-state index contributed by atoms with van der Waals surface area (Å²) in [6.45, 7) is 1.66. The Balaban J connectivity index is 2.17. The largest absolute Gasteiger partial charge is 0.573 e. The van der Waals surface area contributed by atoms with Crippen molar-refractivity contribution in [2.75, 3.05) is 5.32 Å². The van der Waals surface area contributed by atoms with Crippen LogP contribution in [0.15, 0.2) is 48.8 Å². The number of hydrogen-bond donors (Lipinski definition) is 1. The van der Waals surface area contributed by atoms with Crippen LogP contribution in [0.25, 0.3) is 0 Å². The number of benzene rings is 1. The summed E-state index contributed by atoms with van der Waals surface area (Å²) in [5.41, 5.74) is 0.0799. The molecular weight excluding hydrogens is 295 g/mol. The van der Waals surface area contributed by atoms with E-state index in [1.54, 1.807) is 31.5 Å². The number of ether oxygens (including phenoxy) is 1. The molecule has 7 heteroatoms. The van der Waals surface area contributed by atoms with E-state index in [1.807, 2.05) is 0 Å². The van der Waals surface area contributed by atoms with E-state index in [-0.39, 0.29) is 5.75 Å². The number of pyridine rings is 1. The van der Waals surface area contributed by atoms with E-state index < -0.39 is 11.9 Å². The molecule has 2 aromatic rings. The number of hydrogen-bond acceptors (Lipinski definition) is 4. The number of rotatable bonds is 4. The fraction of sp³-hybridized carbons (Fsp3) is 0.200. The van der Waals surface area contributed by atoms with Gasteiger partial charge in [0.15, 0.2) is 0 Å². The van der Waals surface area contributed by atoms with Crippen LogP contribution < -0.4 is 10.1 Å². The average Bonchev–Trinajstić information content (AvgIpc) is 2.48. The first-order valence-electron chi connectivity index (χ1n) is 6.28. The van der Waals surface area contributed by atoms with Crippen molar-refractivity contribution in [2.45, 2.75) is 18.8 Å². The Hall–Kier alpha value is -2.75. The molecule has 0 saturated heterocycles.